The van der Waals surface area contributed by atoms with E-state index < -0.39 is 22.8 Å². The second-order valence-electron chi connectivity index (χ2n) is 12.4. The number of hydrogen-bond donors (Lipinski definition) is 3. The summed E-state index contributed by atoms with van der Waals surface area (Å²) in [5.41, 5.74) is 1.56. The van der Waals surface area contributed by atoms with Crippen molar-refractivity contribution in [1.29, 1.82) is 5.26 Å². The minimum absolute atomic E-state index is 0.175. The van der Waals surface area contributed by atoms with Crippen LogP contribution in [0.5, 0.6) is 0 Å². The summed E-state index contributed by atoms with van der Waals surface area (Å²) in [6.07, 6.45) is 9.33. The Bertz CT molecular complexity index is 1250. The number of rotatable bonds is 4. The van der Waals surface area contributed by atoms with Crippen LogP contribution in [0.1, 0.15) is 71.9 Å². The molecule has 1 aromatic rings. The van der Waals surface area contributed by atoms with Gasteiger partial charge in [0.2, 0.25) is 0 Å². The molecule has 7 nitrogen and oxygen atoms in total. The third kappa shape index (κ3) is 4.11. The summed E-state index contributed by atoms with van der Waals surface area (Å²) in [6, 6.07) is 7.50. The number of nitriles is 1. The molecule has 0 aromatic heterocycles. The Kier molecular flexibility index (Phi) is 5.93. The van der Waals surface area contributed by atoms with Crippen molar-refractivity contribution in [3.63, 3.8) is 0 Å². The molecule has 0 saturated carbocycles. The summed E-state index contributed by atoms with van der Waals surface area (Å²) in [5.74, 6) is -0.560. The summed E-state index contributed by atoms with van der Waals surface area (Å²) >= 11 is 0. The number of ether oxygens (including phenoxy) is 1. The van der Waals surface area contributed by atoms with Gasteiger partial charge in [-0.05, 0) is 61.8 Å². The second kappa shape index (κ2) is 8.54. The number of carbonyl (C=O) groups excluding carboxylic acids is 1. The minimum Gasteiger partial charge on any atom is -0.384 e. The fraction of sp³-hybridized carbons (Fsp3) is 0.567. The molecule has 5 rings (SSSR count). The SMILES string of the molecule is CC1C2(C)C=CC(C)(O2)[C@@H](C)C1(O)c1ccc(NC(=O)C2=NCC(C#N)N2)c(C2=CCC(C)(C)CC2)c1. The topological polar surface area (TPSA) is 107 Å². The molecule has 1 saturated heterocycles. The van der Waals surface area contributed by atoms with Crippen molar-refractivity contribution in [3.8, 4) is 6.07 Å². The van der Waals surface area contributed by atoms with Gasteiger partial charge in [0.25, 0.3) is 5.91 Å². The van der Waals surface area contributed by atoms with E-state index in [2.05, 4.69) is 73.7 Å². The van der Waals surface area contributed by atoms with Crippen LogP contribution in [0.2, 0.25) is 0 Å². The van der Waals surface area contributed by atoms with Gasteiger partial charge in [-0.15, -0.1) is 0 Å². The molecule has 1 aromatic carbocycles. The van der Waals surface area contributed by atoms with Crippen LogP contribution >= 0.6 is 0 Å². The van der Waals surface area contributed by atoms with Crippen LogP contribution < -0.4 is 10.6 Å². The normalized spacial score (nSPS) is 37.8. The smallest absolute Gasteiger partial charge is 0.290 e. The Morgan fingerprint density at radius 3 is 2.43 bits per heavy atom. The lowest BCUT2D eigenvalue weighted by molar-refractivity contribution is -0.257. The molecule has 2 bridgehead atoms. The third-order valence-corrected chi connectivity index (χ3v) is 9.39. The van der Waals surface area contributed by atoms with Crippen molar-refractivity contribution in [2.45, 2.75) is 83.6 Å². The Morgan fingerprint density at radius 2 is 1.86 bits per heavy atom. The van der Waals surface area contributed by atoms with Crippen molar-refractivity contribution in [1.82, 2.24) is 5.32 Å². The number of carbonyl (C=O) groups is 1. The van der Waals surface area contributed by atoms with Crippen molar-refractivity contribution < 1.29 is 14.6 Å². The van der Waals surface area contributed by atoms with Crippen molar-refractivity contribution in [2.75, 3.05) is 11.9 Å². The van der Waals surface area contributed by atoms with Gasteiger partial charge in [0, 0.05) is 23.1 Å². The zero-order valence-electron chi connectivity index (χ0n) is 22.7. The van der Waals surface area contributed by atoms with E-state index in [4.69, 9.17) is 10.00 Å². The van der Waals surface area contributed by atoms with Crippen LogP contribution in [-0.2, 0) is 15.1 Å². The number of aliphatic imine (C=N–C) groups is 1. The van der Waals surface area contributed by atoms with Gasteiger partial charge in [-0.25, -0.2) is 0 Å². The molecule has 196 valence electrons. The molecule has 4 aliphatic rings. The summed E-state index contributed by atoms with van der Waals surface area (Å²) in [4.78, 5) is 17.2. The van der Waals surface area contributed by atoms with Crippen LogP contribution in [0.15, 0.2) is 41.4 Å². The van der Waals surface area contributed by atoms with E-state index in [9.17, 15) is 9.90 Å². The van der Waals surface area contributed by atoms with E-state index in [0.29, 0.717) is 5.69 Å². The maximum absolute atomic E-state index is 13.0. The zero-order valence-corrected chi connectivity index (χ0v) is 22.7. The Morgan fingerprint density at radius 1 is 1.19 bits per heavy atom. The van der Waals surface area contributed by atoms with Crippen LogP contribution in [0.3, 0.4) is 0 Å². The van der Waals surface area contributed by atoms with Gasteiger partial charge in [-0.2, -0.15) is 5.26 Å². The Labute approximate surface area is 219 Å². The molecule has 1 aliphatic carbocycles. The number of amidine groups is 1. The number of benzene rings is 1. The number of amides is 1. The first-order valence-corrected chi connectivity index (χ1v) is 13.3. The van der Waals surface area contributed by atoms with Crippen LogP contribution in [0.4, 0.5) is 5.69 Å². The third-order valence-electron chi connectivity index (χ3n) is 9.39. The number of fused-ring (bicyclic) bond motifs is 2. The van der Waals surface area contributed by atoms with E-state index in [1.165, 1.54) is 5.57 Å². The number of hydrogen-bond acceptors (Lipinski definition) is 6. The minimum atomic E-state index is -1.13. The maximum Gasteiger partial charge on any atom is 0.290 e. The van der Waals surface area contributed by atoms with Crippen molar-refractivity contribution in [2.24, 2.45) is 22.2 Å². The highest BCUT2D eigenvalue weighted by Gasteiger charge is 2.63. The molecule has 6 atom stereocenters. The van der Waals surface area contributed by atoms with E-state index in [0.717, 1.165) is 30.4 Å². The van der Waals surface area contributed by atoms with Crippen LogP contribution in [0.25, 0.3) is 5.57 Å². The molecule has 0 spiro atoms. The summed E-state index contributed by atoms with van der Waals surface area (Å²) < 4.78 is 6.45. The predicted molar refractivity (Wildman–Crippen MR) is 145 cm³/mol. The number of allylic oxidation sites excluding steroid dienone is 2. The maximum atomic E-state index is 13.0. The highest BCUT2D eigenvalue weighted by molar-refractivity contribution is 6.42. The molecular formula is C30H38N4O3. The number of nitrogens with one attached hydrogen (secondary N) is 2. The van der Waals surface area contributed by atoms with Gasteiger partial charge in [0.15, 0.2) is 5.84 Å². The van der Waals surface area contributed by atoms with E-state index in [-0.39, 0.29) is 35.5 Å². The Balaban J connectivity index is 1.55. The quantitative estimate of drug-likeness (QED) is 0.518. The predicted octanol–water partition coefficient (Wildman–Crippen LogP) is 4.69. The lowest BCUT2D eigenvalue weighted by Crippen LogP contribution is -2.61. The van der Waals surface area contributed by atoms with Gasteiger partial charge in [0.1, 0.15) is 11.6 Å². The average molecular weight is 503 g/mol. The second-order valence-corrected chi connectivity index (χ2v) is 12.4. The molecule has 3 aliphatic heterocycles. The molecule has 0 radical (unpaired) electrons. The summed E-state index contributed by atoms with van der Waals surface area (Å²) in [7, 11) is 0. The molecule has 3 heterocycles. The molecular weight excluding hydrogens is 464 g/mol. The molecule has 5 unspecified atom stereocenters. The Hall–Kier alpha value is -2.95. The van der Waals surface area contributed by atoms with Gasteiger partial charge < -0.3 is 20.5 Å². The van der Waals surface area contributed by atoms with Crippen molar-refractivity contribution in [3.05, 3.63) is 47.6 Å². The number of anilines is 1. The molecule has 3 N–H and O–H groups in total. The summed E-state index contributed by atoms with van der Waals surface area (Å²) in [5, 5.41) is 27.5. The molecule has 7 heteroatoms. The highest BCUT2D eigenvalue weighted by atomic mass is 16.5. The molecule has 37 heavy (non-hydrogen) atoms. The van der Waals surface area contributed by atoms with Gasteiger partial charge in [-0.3, -0.25) is 9.79 Å². The average Bonchev–Trinajstić information content (AvgIpc) is 3.47. The molecule has 1 fully saturated rings. The first kappa shape index (κ1) is 25.7. The fourth-order valence-electron chi connectivity index (χ4n) is 6.41. The number of aliphatic hydroxyl groups is 1. The van der Waals surface area contributed by atoms with Gasteiger partial charge in [0.05, 0.1) is 23.8 Å². The van der Waals surface area contributed by atoms with Gasteiger partial charge in [-0.1, -0.05) is 52.0 Å². The largest absolute Gasteiger partial charge is 0.384 e. The number of nitrogens with zero attached hydrogens (tertiary/aromatic N) is 2. The van der Waals surface area contributed by atoms with E-state index in [1.807, 2.05) is 26.0 Å². The first-order chi connectivity index (χ1) is 17.3. The highest BCUT2D eigenvalue weighted by Crippen LogP contribution is 2.58. The standard InChI is InChI=1S/C30H38N4O3/c1-18-28(5)13-14-29(6,37-28)19(2)30(18,36)21-7-8-24(34-26(35)25-32-17-22(16-31)33-25)23(15-21)20-9-11-27(3,4)12-10-20/h7-9,13-15,18-19,22,36H,10-12,17H2,1-6H3,(H,32,33)(H,34,35)/t18-,19?,22?,28?,29?,30?/m1/s1. The lowest BCUT2D eigenvalue weighted by Gasteiger charge is -2.55. The van der Waals surface area contributed by atoms with Crippen LogP contribution in [0, 0.1) is 28.6 Å². The first-order valence-electron chi connectivity index (χ1n) is 13.3. The zero-order chi connectivity index (χ0) is 26.8. The van der Waals surface area contributed by atoms with Gasteiger partial charge >= 0.3 is 0 Å². The molecule has 1 amide bonds. The monoisotopic (exact) mass is 502 g/mol. The summed E-state index contributed by atoms with van der Waals surface area (Å²) in [6.45, 7) is 13.0. The van der Waals surface area contributed by atoms with Crippen molar-refractivity contribution >= 4 is 23.0 Å². The van der Waals surface area contributed by atoms with E-state index in [1.54, 1.807) is 0 Å². The van der Waals surface area contributed by atoms with Crippen LogP contribution in [-0.4, -0.2) is 40.6 Å². The lowest BCUT2D eigenvalue weighted by atomic mass is 9.62. The van der Waals surface area contributed by atoms with E-state index >= 15 is 0 Å². The fourth-order valence-corrected chi connectivity index (χ4v) is 6.41.